The molecule has 1 aromatic rings. The van der Waals surface area contributed by atoms with Gasteiger partial charge >= 0.3 is 29.0 Å². The molecule has 60 valence electrons. The predicted molar refractivity (Wildman–Crippen MR) is 43.5 cm³/mol. The molecule has 0 fully saturated rings. The second-order valence-electron chi connectivity index (χ2n) is 1.86. The van der Waals surface area contributed by atoms with Crippen molar-refractivity contribution in [3.05, 3.63) is 35.9 Å². The first-order chi connectivity index (χ1) is 4.84. The van der Waals surface area contributed by atoms with Crippen molar-refractivity contribution in [2.75, 3.05) is 7.11 Å². The Balaban J connectivity index is 0. The third kappa shape index (κ3) is 3.95. The van der Waals surface area contributed by atoms with E-state index in [9.17, 15) is 4.79 Å². The molecule has 0 saturated heterocycles. The van der Waals surface area contributed by atoms with Gasteiger partial charge in [-0.25, -0.2) is 4.79 Å². The summed E-state index contributed by atoms with van der Waals surface area (Å²) >= 11 is 0. The average Bonchev–Trinajstić information content (AvgIpc) is 2.05. The van der Waals surface area contributed by atoms with Crippen LogP contribution in [-0.2, 0) is 4.74 Å². The van der Waals surface area contributed by atoms with Gasteiger partial charge in [0, 0.05) is 0 Å². The van der Waals surface area contributed by atoms with Gasteiger partial charge in [0.15, 0.2) is 0 Å². The summed E-state index contributed by atoms with van der Waals surface area (Å²) in [4.78, 5) is 10.8. The maximum atomic E-state index is 10.8. The summed E-state index contributed by atoms with van der Waals surface area (Å²) in [6.07, 6.45) is 0. The summed E-state index contributed by atoms with van der Waals surface area (Å²) in [6, 6.07) is 8.88. The number of rotatable bonds is 1. The molecule has 0 unspecified atom stereocenters. The van der Waals surface area contributed by atoms with Crippen LogP contribution in [0.5, 0.6) is 0 Å². The van der Waals surface area contributed by atoms with Gasteiger partial charge in [-0.2, -0.15) is 0 Å². The molecule has 12 heavy (non-hydrogen) atoms. The standard InChI is InChI=1S/C8H8O2.ClH.Mg/c1-10-8(9)7-5-3-2-4-6-7;;/h2-6H,1H3;1H;/q;;+2/p-1. The van der Waals surface area contributed by atoms with Crippen LogP contribution in [0, 0.1) is 0 Å². The van der Waals surface area contributed by atoms with Gasteiger partial charge in [-0.3, -0.25) is 0 Å². The fraction of sp³-hybridized carbons (Fsp3) is 0.125. The van der Waals surface area contributed by atoms with Gasteiger partial charge < -0.3 is 17.1 Å². The molecule has 0 aliphatic rings. The Bertz CT molecular complexity index is 226. The number of hydrogen-bond acceptors (Lipinski definition) is 2. The van der Waals surface area contributed by atoms with Gasteiger partial charge in [0.1, 0.15) is 0 Å². The van der Waals surface area contributed by atoms with Crippen LogP contribution in [0.25, 0.3) is 0 Å². The second-order valence-corrected chi connectivity index (χ2v) is 1.86. The number of carbonyl (C=O) groups is 1. The predicted octanol–water partition coefficient (Wildman–Crippen LogP) is -1.90. The van der Waals surface area contributed by atoms with E-state index in [-0.39, 0.29) is 41.4 Å². The van der Waals surface area contributed by atoms with E-state index < -0.39 is 0 Å². The van der Waals surface area contributed by atoms with Crippen molar-refractivity contribution in [2.45, 2.75) is 0 Å². The van der Waals surface area contributed by atoms with E-state index in [1.165, 1.54) is 7.11 Å². The monoisotopic (exact) mass is 195 g/mol. The molecular formula is C8H8ClMgO2+. The number of benzene rings is 1. The van der Waals surface area contributed by atoms with Crippen molar-refractivity contribution in [3.63, 3.8) is 0 Å². The Morgan fingerprint density at radius 1 is 1.25 bits per heavy atom. The van der Waals surface area contributed by atoms with Crippen LogP contribution in [0.2, 0.25) is 0 Å². The van der Waals surface area contributed by atoms with Crippen molar-refractivity contribution in [1.29, 1.82) is 0 Å². The van der Waals surface area contributed by atoms with E-state index in [0.717, 1.165) is 0 Å². The summed E-state index contributed by atoms with van der Waals surface area (Å²) in [5.41, 5.74) is 0.588. The SMILES string of the molecule is COC(=O)c1ccccc1.[Cl-].[Mg+2]. The Morgan fingerprint density at radius 2 is 1.75 bits per heavy atom. The minimum atomic E-state index is -0.291. The van der Waals surface area contributed by atoms with Crippen LogP contribution >= 0.6 is 0 Å². The third-order valence-electron chi connectivity index (χ3n) is 1.19. The van der Waals surface area contributed by atoms with E-state index in [1.54, 1.807) is 24.3 Å². The van der Waals surface area contributed by atoms with Gasteiger partial charge in [-0.1, -0.05) is 18.2 Å². The first-order valence-electron chi connectivity index (χ1n) is 2.98. The fourth-order valence-electron chi connectivity index (χ4n) is 0.692. The van der Waals surface area contributed by atoms with E-state index in [4.69, 9.17) is 0 Å². The van der Waals surface area contributed by atoms with E-state index in [2.05, 4.69) is 4.74 Å². The minimum Gasteiger partial charge on any atom is -1.00 e. The number of methoxy groups -OCH3 is 1. The molecule has 4 heteroatoms. The Hall–Kier alpha value is -0.254. The Morgan fingerprint density at radius 3 is 2.17 bits per heavy atom. The van der Waals surface area contributed by atoms with Gasteiger partial charge in [-0.05, 0) is 12.1 Å². The average molecular weight is 196 g/mol. The van der Waals surface area contributed by atoms with Crippen molar-refractivity contribution >= 4 is 29.0 Å². The zero-order valence-electron chi connectivity index (χ0n) is 6.79. The molecule has 0 aromatic heterocycles. The maximum Gasteiger partial charge on any atom is 2.00 e. The van der Waals surface area contributed by atoms with E-state index in [1.807, 2.05) is 6.07 Å². The van der Waals surface area contributed by atoms with Crippen molar-refractivity contribution < 1.29 is 21.9 Å². The van der Waals surface area contributed by atoms with Crippen LogP contribution in [0.1, 0.15) is 10.4 Å². The second kappa shape index (κ2) is 7.40. The molecule has 0 amide bonds. The maximum absolute atomic E-state index is 10.8. The van der Waals surface area contributed by atoms with Crippen molar-refractivity contribution in [2.24, 2.45) is 0 Å². The van der Waals surface area contributed by atoms with Crippen LogP contribution < -0.4 is 12.4 Å². The zero-order chi connectivity index (χ0) is 7.40. The van der Waals surface area contributed by atoms with Gasteiger partial charge in [-0.15, -0.1) is 0 Å². The van der Waals surface area contributed by atoms with Crippen molar-refractivity contribution in [1.82, 2.24) is 0 Å². The first kappa shape index (κ1) is 14.3. The number of carbonyl (C=O) groups excluding carboxylic acids is 1. The molecule has 0 radical (unpaired) electrons. The van der Waals surface area contributed by atoms with Crippen molar-refractivity contribution in [3.8, 4) is 0 Å². The topological polar surface area (TPSA) is 26.3 Å². The molecule has 1 rings (SSSR count). The minimum absolute atomic E-state index is 0. The molecule has 0 N–H and O–H groups in total. The van der Waals surface area contributed by atoms with Crippen LogP contribution in [0.15, 0.2) is 30.3 Å². The molecule has 0 heterocycles. The van der Waals surface area contributed by atoms with Crippen LogP contribution in [0.4, 0.5) is 0 Å². The van der Waals surface area contributed by atoms with Gasteiger partial charge in [0.05, 0.1) is 12.7 Å². The number of ether oxygens (including phenoxy) is 1. The molecule has 0 aliphatic carbocycles. The fourth-order valence-corrected chi connectivity index (χ4v) is 0.692. The molecular weight excluding hydrogens is 188 g/mol. The van der Waals surface area contributed by atoms with E-state index >= 15 is 0 Å². The molecule has 0 saturated carbocycles. The smallest absolute Gasteiger partial charge is 1.00 e. The number of esters is 1. The summed E-state index contributed by atoms with van der Waals surface area (Å²) in [6.45, 7) is 0. The van der Waals surface area contributed by atoms with Crippen LogP contribution in [0.3, 0.4) is 0 Å². The zero-order valence-corrected chi connectivity index (χ0v) is 8.96. The van der Waals surface area contributed by atoms with Gasteiger partial charge in [0.25, 0.3) is 0 Å². The molecule has 2 nitrogen and oxygen atoms in total. The summed E-state index contributed by atoms with van der Waals surface area (Å²) < 4.78 is 4.50. The molecule has 0 aliphatic heterocycles. The first-order valence-corrected chi connectivity index (χ1v) is 2.98. The summed E-state index contributed by atoms with van der Waals surface area (Å²) in [5.74, 6) is -0.291. The molecule has 0 spiro atoms. The van der Waals surface area contributed by atoms with Gasteiger partial charge in [0.2, 0.25) is 0 Å². The number of halogens is 1. The Labute approximate surface area is 93.9 Å². The molecule has 1 aromatic carbocycles. The quantitative estimate of drug-likeness (QED) is 0.387. The largest absolute Gasteiger partial charge is 2.00 e. The third-order valence-corrected chi connectivity index (χ3v) is 1.19. The summed E-state index contributed by atoms with van der Waals surface area (Å²) in [7, 11) is 1.37. The van der Waals surface area contributed by atoms with Crippen LogP contribution in [-0.4, -0.2) is 36.1 Å². The summed E-state index contributed by atoms with van der Waals surface area (Å²) in [5, 5.41) is 0. The number of hydrogen-bond donors (Lipinski definition) is 0. The molecule has 0 bridgehead atoms. The molecule has 0 atom stereocenters. The Kier molecular flexibility index (Phi) is 8.80. The van der Waals surface area contributed by atoms with E-state index in [0.29, 0.717) is 5.56 Å². The normalized spacial score (nSPS) is 7.42.